The van der Waals surface area contributed by atoms with Crippen molar-refractivity contribution in [3.8, 4) is 0 Å². The Morgan fingerprint density at radius 2 is 1.66 bits per heavy atom. The number of imide groups is 1. The van der Waals surface area contributed by atoms with Crippen LogP contribution in [0.4, 0.5) is 10.5 Å². The molecule has 9 amide bonds. The first-order chi connectivity index (χ1) is 27.9. The van der Waals surface area contributed by atoms with E-state index in [0.29, 0.717) is 22.7 Å². The summed E-state index contributed by atoms with van der Waals surface area (Å²) in [4.78, 5) is 100.0. The fourth-order valence-electron chi connectivity index (χ4n) is 6.22. The molecule has 9 N–H and O–H groups in total. The number of nitrogens with zero attached hydrogens (tertiary/aromatic N) is 1. The molecule has 18 nitrogen and oxygen atoms in total. The zero-order chi connectivity index (χ0) is 41.6. The number of hydrogen-bond donors (Lipinski definition) is 8. The van der Waals surface area contributed by atoms with Gasteiger partial charge in [-0.25, -0.2) is 4.79 Å². The maximum absolute atomic E-state index is 12.9. The number of fused-ring (bicyclic) bond motifs is 1. The highest BCUT2D eigenvalue weighted by Gasteiger charge is 2.39. The Hall–Kier alpha value is -6.37. The van der Waals surface area contributed by atoms with E-state index in [9.17, 15) is 38.4 Å². The van der Waals surface area contributed by atoms with E-state index in [-0.39, 0.29) is 77.1 Å². The van der Waals surface area contributed by atoms with E-state index < -0.39 is 47.7 Å². The molecule has 0 saturated carbocycles. The first-order valence-corrected chi connectivity index (χ1v) is 18.8. The highest BCUT2D eigenvalue weighted by molar-refractivity contribution is 6.31. The predicted octanol–water partition coefficient (Wildman–Crippen LogP) is -0.0259. The van der Waals surface area contributed by atoms with Crippen molar-refractivity contribution in [2.24, 2.45) is 5.73 Å². The number of urea groups is 1. The van der Waals surface area contributed by atoms with E-state index in [1.807, 2.05) is 6.07 Å². The SMILES string of the molecule is NCC(=O)NCC(=O)NC(Cc1ccccc1)C(=O)NCC(=O)NCOCCc1ccc(NC(=O)NCc2ccc3c(c2)CN(C2CCC(=O)NC2=O)C3=O)cc1Cl. The standard InChI is InChI=1S/C39H44ClN9O9/c40-29-16-27(46-39(57)44-18-24-6-9-28-26(14-24)21-49(38(28)56)31-10-11-32(50)48-37(31)55)8-7-25(29)12-13-58-22-45-34(52)19-43-36(54)30(15-23-4-2-1-3-5-23)47-35(53)20-42-33(51)17-41/h1-9,14,16,30-31H,10-13,15,17-22,41H2,(H,42,51)(H,43,54)(H,45,52)(H,47,53)(H2,44,46,57)(H,48,50,55). The van der Waals surface area contributed by atoms with Gasteiger partial charge in [0, 0.05) is 42.2 Å². The second-order valence-electron chi connectivity index (χ2n) is 13.4. The van der Waals surface area contributed by atoms with Gasteiger partial charge in [-0.05, 0) is 53.3 Å². The molecule has 3 aromatic carbocycles. The van der Waals surface area contributed by atoms with Crippen LogP contribution >= 0.6 is 11.6 Å². The lowest BCUT2D eigenvalue weighted by atomic mass is 10.0. The predicted molar refractivity (Wildman–Crippen MR) is 210 cm³/mol. The van der Waals surface area contributed by atoms with Crippen molar-refractivity contribution >= 4 is 64.7 Å². The number of carbonyl (C=O) groups is 8. The Balaban J connectivity index is 0.991. The molecule has 0 radical (unpaired) electrons. The molecule has 2 aliphatic rings. The number of benzene rings is 3. The summed E-state index contributed by atoms with van der Waals surface area (Å²) in [6.07, 6.45) is 0.986. The summed E-state index contributed by atoms with van der Waals surface area (Å²) in [5, 5.41) is 18.1. The van der Waals surface area contributed by atoms with Crippen molar-refractivity contribution in [2.45, 2.75) is 50.9 Å². The normalized spacial score (nSPS) is 15.1. The molecule has 58 heavy (non-hydrogen) atoms. The molecular formula is C39H44ClN9O9. The minimum Gasteiger partial charge on any atom is -0.361 e. The van der Waals surface area contributed by atoms with Crippen LogP contribution in [0, 0.1) is 0 Å². The van der Waals surface area contributed by atoms with E-state index >= 15 is 0 Å². The van der Waals surface area contributed by atoms with Gasteiger partial charge in [0.25, 0.3) is 5.91 Å². The number of hydrogen-bond acceptors (Lipinski definition) is 10. The van der Waals surface area contributed by atoms with Crippen molar-refractivity contribution in [3.05, 3.63) is 99.6 Å². The third-order valence-electron chi connectivity index (χ3n) is 9.23. The summed E-state index contributed by atoms with van der Waals surface area (Å²) < 4.78 is 5.52. The molecule has 0 aromatic heterocycles. The Morgan fingerprint density at radius 1 is 0.879 bits per heavy atom. The van der Waals surface area contributed by atoms with Crippen molar-refractivity contribution in [2.75, 3.05) is 38.3 Å². The molecule has 0 aliphatic carbocycles. The van der Waals surface area contributed by atoms with Gasteiger partial charge in [-0.3, -0.25) is 38.9 Å². The smallest absolute Gasteiger partial charge is 0.319 e. The zero-order valence-corrected chi connectivity index (χ0v) is 32.1. The van der Waals surface area contributed by atoms with Crippen LogP contribution in [-0.2, 0) is 59.4 Å². The van der Waals surface area contributed by atoms with Gasteiger partial charge in [-0.1, -0.05) is 60.1 Å². The van der Waals surface area contributed by atoms with Gasteiger partial charge in [0.15, 0.2) is 0 Å². The van der Waals surface area contributed by atoms with Crippen LogP contribution in [-0.4, -0.2) is 97.3 Å². The molecule has 19 heteroatoms. The van der Waals surface area contributed by atoms with Crippen LogP contribution < -0.4 is 43.0 Å². The molecular weight excluding hydrogens is 774 g/mol. The van der Waals surface area contributed by atoms with Crippen LogP contribution in [0.2, 0.25) is 5.02 Å². The summed E-state index contributed by atoms with van der Waals surface area (Å²) in [5.74, 6) is -3.35. The topological polar surface area (TPSA) is 259 Å². The molecule has 1 saturated heterocycles. The van der Waals surface area contributed by atoms with Crippen molar-refractivity contribution in [1.29, 1.82) is 0 Å². The second-order valence-corrected chi connectivity index (χ2v) is 13.8. The lowest BCUT2D eigenvalue weighted by Crippen LogP contribution is -2.52. The first kappa shape index (κ1) is 42.8. The highest BCUT2D eigenvalue weighted by Crippen LogP contribution is 2.28. The average molecular weight is 818 g/mol. The number of anilines is 1. The fraction of sp³-hybridized carbons (Fsp3) is 0.333. The molecule has 2 unspecified atom stereocenters. The maximum Gasteiger partial charge on any atom is 0.319 e. The molecule has 2 heterocycles. The summed E-state index contributed by atoms with van der Waals surface area (Å²) in [5.41, 5.74) is 9.16. The maximum atomic E-state index is 12.9. The molecule has 5 rings (SSSR count). The monoisotopic (exact) mass is 817 g/mol. The Morgan fingerprint density at radius 3 is 2.40 bits per heavy atom. The van der Waals surface area contributed by atoms with Crippen LogP contribution in [0.25, 0.3) is 0 Å². The minimum absolute atomic E-state index is 0.143. The van der Waals surface area contributed by atoms with Gasteiger partial charge in [-0.15, -0.1) is 0 Å². The summed E-state index contributed by atoms with van der Waals surface area (Å²) >= 11 is 6.46. The lowest BCUT2D eigenvalue weighted by molar-refractivity contribution is -0.137. The first-order valence-electron chi connectivity index (χ1n) is 18.4. The van der Waals surface area contributed by atoms with E-state index in [4.69, 9.17) is 22.1 Å². The van der Waals surface area contributed by atoms with Crippen molar-refractivity contribution < 1.29 is 43.1 Å². The zero-order valence-electron chi connectivity index (χ0n) is 31.4. The fourth-order valence-corrected chi connectivity index (χ4v) is 6.49. The number of carbonyl (C=O) groups excluding carboxylic acids is 8. The minimum atomic E-state index is -1.01. The number of piperidine rings is 1. The number of nitrogens with one attached hydrogen (secondary N) is 7. The highest BCUT2D eigenvalue weighted by atomic mass is 35.5. The van der Waals surface area contributed by atoms with Crippen molar-refractivity contribution in [1.82, 2.24) is 36.8 Å². The summed E-state index contributed by atoms with van der Waals surface area (Å²) in [6.45, 7) is -0.571. The molecule has 2 atom stereocenters. The summed E-state index contributed by atoms with van der Waals surface area (Å²) in [7, 11) is 0. The largest absolute Gasteiger partial charge is 0.361 e. The molecule has 0 bridgehead atoms. The van der Waals surface area contributed by atoms with Gasteiger partial charge in [-0.2, -0.15) is 0 Å². The lowest BCUT2D eigenvalue weighted by Gasteiger charge is -2.29. The van der Waals surface area contributed by atoms with Crippen LogP contribution in [0.1, 0.15) is 45.5 Å². The molecule has 0 spiro atoms. The number of amides is 9. The average Bonchev–Trinajstić information content (AvgIpc) is 3.53. The number of ether oxygens (including phenoxy) is 1. The van der Waals surface area contributed by atoms with Crippen LogP contribution in [0.5, 0.6) is 0 Å². The Kier molecular flexibility index (Phi) is 15.3. The molecule has 3 aromatic rings. The Labute approximate surface area is 338 Å². The number of nitrogens with two attached hydrogens (primary N) is 1. The van der Waals surface area contributed by atoms with E-state index in [1.165, 1.54) is 4.90 Å². The number of halogens is 1. The van der Waals surface area contributed by atoms with Gasteiger partial charge < -0.3 is 47.3 Å². The molecule has 306 valence electrons. The van der Waals surface area contributed by atoms with E-state index in [0.717, 1.165) is 22.3 Å². The quantitative estimate of drug-likeness (QED) is 0.0483. The van der Waals surface area contributed by atoms with Crippen molar-refractivity contribution in [3.63, 3.8) is 0 Å². The Bertz CT molecular complexity index is 2050. The summed E-state index contributed by atoms with van der Waals surface area (Å²) in [6, 6.07) is 17.0. The molecule has 1 fully saturated rings. The van der Waals surface area contributed by atoms with E-state index in [1.54, 1.807) is 60.7 Å². The van der Waals surface area contributed by atoms with Crippen LogP contribution in [0.15, 0.2) is 66.7 Å². The third-order valence-corrected chi connectivity index (χ3v) is 9.58. The van der Waals surface area contributed by atoms with Gasteiger partial charge in [0.2, 0.25) is 35.4 Å². The van der Waals surface area contributed by atoms with Crippen LogP contribution in [0.3, 0.4) is 0 Å². The van der Waals surface area contributed by atoms with E-state index in [2.05, 4.69) is 37.2 Å². The van der Waals surface area contributed by atoms with Gasteiger partial charge in [0.1, 0.15) is 18.8 Å². The molecule has 2 aliphatic heterocycles. The second kappa shape index (κ2) is 20.7. The number of rotatable bonds is 18. The third kappa shape index (κ3) is 12.3. The van der Waals surface area contributed by atoms with Gasteiger partial charge >= 0.3 is 6.03 Å². The van der Waals surface area contributed by atoms with Gasteiger partial charge in [0.05, 0.1) is 26.2 Å².